The minimum absolute atomic E-state index is 0.583. The van der Waals surface area contributed by atoms with Crippen LogP contribution in [0.25, 0.3) is 0 Å². The van der Waals surface area contributed by atoms with E-state index in [4.69, 9.17) is 0 Å². The summed E-state index contributed by atoms with van der Waals surface area (Å²) in [6.45, 7) is 9.08. The van der Waals surface area contributed by atoms with Gasteiger partial charge in [0.15, 0.2) is 0 Å². The quantitative estimate of drug-likeness (QED) is 0.484. The van der Waals surface area contributed by atoms with Crippen LogP contribution in [0.2, 0.25) is 0 Å². The van der Waals surface area contributed by atoms with Crippen LogP contribution >= 0.6 is 0 Å². The molecule has 0 heterocycles. The van der Waals surface area contributed by atoms with Crippen molar-refractivity contribution in [3.8, 4) is 0 Å². The van der Waals surface area contributed by atoms with Gasteiger partial charge in [-0.3, -0.25) is 0 Å². The van der Waals surface area contributed by atoms with E-state index in [0.29, 0.717) is 10.8 Å². The van der Waals surface area contributed by atoms with Crippen LogP contribution in [0, 0.1) is 40.4 Å². The number of hydrogen-bond donors (Lipinski definition) is 0. The van der Waals surface area contributed by atoms with E-state index in [1.54, 1.807) is 0 Å². The van der Waals surface area contributed by atoms with Crippen LogP contribution in [0.15, 0.2) is 24.8 Å². The fraction of sp³-hybridized carbons (Fsp3) is 0.765. The first-order valence-electron chi connectivity index (χ1n) is 7.45. The van der Waals surface area contributed by atoms with Crippen LogP contribution in [-0.4, -0.2) is 0 Å². The summed E-state index contributed by atoms with van der Waals surface area (Å²) in [4.78, 5) is 0. The summed E-state index contributed by atoms with van der Waals surface area (Å²) in [5.41, 5.74) is 1.22. The largest absolute Gasteiger partial charge is 0.103 e. The van der Waals surface area contributed by atoms with Gasteiger partial charge in [0.25, 0.3) is 0 Å². The molecule has 0 aliphatic heterocycles. The molecule has 4 aliphatic rings. The van der Waals surface area contributed by atoms with E-state index in [-0.39, 0.29) is 0 Å². The first-order chi connectivity index (χ1) is 8.13. The van der Waals surface area contributed by atoms with Crippen molar-refractivity contribution in [1.29, 1.82) is 0 Å². The summed E-state index contributed by atoms with van der Waals surface area (Å²) in [5, 5.41) is 0. The molecule has 0 saturated heterocycles. The zero-order valence-corrected chi connectivity index (χ0v) is 11.2. The minimum Gasteiger partial charge on any atom is -0.103 e. The van der Waals surface area contributed by atoms with Crippen molar-refractivity contribution < 1.29 is 0 Å². The van der Waals surface area contributed by atoms with Gasteiger partial charge in [-0.1, -0.05) is 32.1 Å². The summed E-state index contributed by atoms with van der Waals surface area (Å²) in [6.07, 6.45) is 13.2. The molecule has 3 saturated carbocycles. The molecule has 4 rings (SSSR count). The molecule has 0 heteroatoms. The van der Waals surface area contributed by atoms with Crippen molar-refractivity contribution >= 4 is 0 Å². The maximum atomic E-state index is 4.10. The number of hydrogen-bond acceptors (Lipinski definition) is 0. The lowest BCUT2D eigenvalue weighted by Gasteiger charge is -2.44. The summed E-state index contributed by atoms with van der Waals surface area (Å²) < 4.78 is 0. The lowest BCUT2D eigenvalue weighted by molar-refractivity contribution is 0.0777. The maximum Gasteiger partial charge on any atom is -0.00809 e. The third kappa shape index (κ3) is 0.983. The van der Waals surface area contributed by atoms with Gasteiger partial charge in [0.1, 0.15) is 0 Å². The van der Waals surface area contributed by atoms with Crippen LogP contribution in [0.3, 0.4) is 0 Å². The number of rotatable bonds is 2. The van der Waals surface area contributed by atoms with Gasteiger partial charge < -0.3 is 0 Å². The predicted octanol–water partition coefficient (Wildman–Crippen LogP) is 4.44. The van der Waals surface area contributed by atoms with Crippen LogP contribution in [0.5, 0.6) is 0 Å². The summed E-state index contributed by atoms with van der Waals surface area (Å²) in [5.74, 6) is 4.69. The molecule has 0 amide bonds. The molecule has 0 N–H and O–H groups in total. The zero-order chi connectivity index (χ0) is 11.8. The molecule has 4 aliphatic carbocycles. The molecule has 7 unspecified atom stereocenters. The van der Waals surface area contributed by atoms with Crippen LogP contribution in [-0.2, 0) is 0 Å². The molecule has 0 aromatic carbocycles. The molecule has 7 atom stereocenters. The second-order valence-corrected chi connectivity index (χ2v) is 7.49. The van der Waals surface area contributed by atoms with Crippen LogP contribution in [0.4, 0.5) is 0 Å². The molecule has 17 heavy (non-hydrogen) atoms. The van der Waals surface area contributed by atoms with Gasteiger partial charge in [0.2, 0.25) is 0 Å². The molecule has 92 valence electrons. The van der Waals surface area contributed by atoms with Gasteiger partial charge in [-0.2, -0.15) is 0 Å². The van der Waals surface area contributed by atoms with Crippen molar-refractivity contribution in [3.63, 3.8) is 0 Å². The van der Waals surface area contributed by atoms with Gasteiger partial charge in [-0.25, -0.2) is 0 Å². The standard InChI is InChI=1S/C17H24/c1-4-11-8-16(3)10-13(11)15-14(16)12-6-7-17(15,5-2)9-12/h4,6-7,11-15H,1,5,8-10H2,2-3H3. The Labute approximate surface area is 105 Å². The zero-order valence-electron chi connectivity index (χ0n) is 11.2. The Balaban J connectivity index is 1.82. The Hall–Kier alpha value is -0.520. The van der Waals surface area contributed by atoms with E-state index in [0.717, 1.165) is 29.6 Å². The summed E-state index contributed by atoms with van der Waals surface area (Å²) in [6, 6.07) is 0. The third-order valence-electron chi connectivity index (χ3n) is 6.98. The normalized spacial score (nSPS) is 62.1. The molecule has 0 radical (unpaired) electrons. The maximum absolute atomic E-state index is 4.10. The first kappa shape index (κ1) is 10.4. The smallest absolute Gasteiger partial charge is 0.00809 e. The fourth-order valence-electron chi connectivity index (χ4n) is 6.54. The van der Waals surface area contributed by atoms with Crippen LogP contribution < -0.4 is 0 Å². The van der Waals surface area contributed by atoms with E-state index in [1.165, 1.54) is 25.7 Å². The average molecular weight is 228 g/mol. The Morgan fingerprint density at radius 2 is 2.12 bits per heavy atom. The monoisotopic (exact) mass is 228 g/mol. The van der Waals surface area contributed by atoms with Gasteiger partial charge >= 0.3 is 0 Å². The van der Waals surface area contributed by atoms with E-state index in [1.807, 2.05) is 0 Å². The first-order valence-corrected chi connectivity index (χ1v) is 7.45. The third-order valence-corrected chi connectivity index (χ3v) is 6.98. The second kappa shape index (κ2) is 2.90. The summed E-state index contributed by atoms with van der Waals surface area (Å²) in [7, 11) is 0. The molecule has 4 bridgehead atoms. The molecular weight excluding hydrogens is 204 g/mol. The lowest BCUT2D eigenvalue weighted by atomic mass is 9.60. The Kier molecular flexibility index (Phi) is 1.77. The van der Waals surface area contributed by atoms with Crippen molar-refractivity contribution in [2.24, 2.45) is 40.4 Å². The van der Waals surface area contributed by atoms with E-state index < -0.39 is 0 Å². The lowest BCUT2D eigenvalue weighted by Crippen LogP contribution is -2.38. The van der Waals surface area contributed by atoms with Crippen molar-refractivity contribution in [2.75, 3.05) is 0 Å². The Morgan fingerprint density at radius 1 is 1.29 bits per heavy atom. The highest BCUT2D eigenvalue weighted by Crippen LogP contribution is 2.76. The second-order valence-electron chi connectivity index (χ2n) is 7.49. The molecular formula is C17H24. The van der Waals surface area contributed by atoms with Gasteiger partial charge in [-0.05, 0) is 66.1 Å². The number of fused-ring (bicyclic) bond motifs is 9. The molecule has 0 spiro atoms. The number of allylic oxidation sites excluding steroid dienone is 3. The highest BCUT2D eigenvalue weighted by molar-refractivity contribution is 5.29. The predicted molar refractivity (Wildman–Crippen MR) is 71.5 cm³/mol. The molecule has 0 aromatic rings. The molecule has 3 fully saturated rings. The van der Waals surface area contributed by atoms with E-state index in [9.17, 15) is 0 Å². The minimum atomic E-state index is 0.583. The van der Waals surface area contributed by atoms with E-state index >= 15 is 0 Å². The average Bonchev–Trinajstić information content (AvgIpc) is 3.02. The van der Waals surface area contributed by atoms with Crippen molar-refractivity contribution in [3.05, 3.63) is 24.8 Å². The Morgan fingerprint density at radius 3 is 2.82 bits per heavy atom. The van der Waals surface area contributed by atoms with Gasteiger partial charge in [0.05, 0.1) is 0 Å². The summed E-state index contributed by atoms with van der Waals surface area (Å²) >= 11 is 0. The topological polar surface area (TPSA) is 0 Å². The van der Waals surface area contributed by atoms with Crippen molar-refractivity contribution in [2.45, 2.75) is 39.5 Å². The highest BCUT2D eigenvalue weighted by atomic mass is 14.7. The Bertz CT molecular complexity index is 406. The van der Waals surface area contributed by atoms with E-state index in [2.05, 4.69) is 38.7 Å². The highest BCUT2D eigenvalue weighted by Gasteiger charge is 2.69. The molecule has 0 nitrogen and oxygen atoms in total. The van der Waals surface area contributed by atoms with Crippen molar-refractivity contribution in [1.82, 2.24) is 0 Å². The molecule has 0 aromatic heterocycles. The van der Waals surface area contributed by atoms with Gasteiger partial charge in [-0.15, -0.1) is 6.58 Å². The van der Waals surface area contributed by atoms with Gasteiger partial charge in [0, 0.05) is 0 Å². The fourth-order valence-corrected chi connectivity index (χ4v) is 6.54. The van der Waals surface area contributed by atoms with Crippen LogP contribution in [0.1, 0.15) is 39.5 Å². The SMILES string of the molecule is C=CC1CC2(C)CC1C1C2C2C=CC1(CC)C2.